The van der Waals surface area contributed by atoms with Gasteiger partial charge in [0.25, 0.3) is 0 Å². The van der Waals surface area contributed by atoms with Gasteiger partial charge in [0, 0.05) is 6.04 Å². The van der Waals surface area contributed by atoms with E-state index in [1.807, 2.05) is 6.92 Å². The summed E-state index contributed by atoms with van der Waals surface area (Å²) in [4.78, 5) is 0.266. The molecule has 0 rings (SSSR count). The summed E-state index contributed by atoms with van der Waals surface area (Å²) in [5.74, 6) is 0. The zero-order chi connectivity index (χ0) is 5.86. The van der Waals surface area contributed by atoms with E-state index in [9.17, 15) is 0 Å². The van der Waals surface area contributed by atoms with Gasteiger partial charge in [-0.3, -0.25) is 0 Å². The minimum Gasteiger partial charge on any atom is -0.325 e. The lowest BCUT2D eigenvalue weighted by Crippen LogP contribution is -2.20. The van der Waals surface area contributed by atoms with Crippen molar-refractivity contribution in [2.45, 2.75) is 19.4 Å². The molecule has 0 aromatic rings. The van der Waals surface area contributed by atoms with Crippen LogP contribution in [-0.4, -0.2) is 6.04 Å². The van der Waals surface area contributed by atoms with Crippen molar-refractivity contribution >= 4 is 23.2 Å². The Bertz CT molecular complexity index is 47.0. The topological polar surface area (TPSA) is 26.0 Å². The van der Waals surface area contributed by atoms with E-state index < -0.39 is 0 Å². The van der Waals surface area contributed by atoms with Crippen LogP contribution >= 0.6 is 23.2 Å². The highest BCUT2D eigenvalue weighted by molar-refractivity contribution is 6.53. The first-order valence-corrected chi connectivity index (χ1v) is 2.87. The fourth-order valence-corrected chi connectivity index (χ4v) is 0.463. The van der Waals surface area contributed by atoms with Crippen LogP contribution in [0.5, 0.6) is 0 Å². The van der Waals surface area contributed by atoms with Gasteiger partial charge in [0.05, 0.1) is 0 Å². The molecular weight excluding hydrogens is 133 g/mol. The van der Waals surface area contributed by atoms with Gasteiger partial charge >= 0.3 is 0 Å². The third-order valence-corrected chi connectivity index (χ3v) is 1.28. The van der Waals surface area contributed by atoms with Crippen molar-refractivity contribution in [2.24, 2.45) is 5.73 Å². The number of nitrogens with two attached hydrogens (primary N) is 1. The molecule has 1 unspecified atom stereocenters. The highest BCUT2D eigenvalue weighted by atomic mass is 35.5. The molecule has 0 spiro atoms. The summed E-state index contributed by atoms with van der Waals surface area (Å²) in [5, 5.41) is 0. The molecule has 2 N–H and O–H groups in total. The van der Waals surface area contributed by atoms with Gasteiger partial charge in [-0.2, -0.15) is 0 Å². The molecule has 0 heterocycles. The molecule has 0 bridgehead atoms. The Balaban J connectivity index is 3.14. The Kier molecular flexibility index (Phi) is 3.80. The second kappa shape index (κ2) is 3.53. The number of halogens is 2. The maximum absolute atomic E-state index is 5.31. The molecule has 0 aromatic heterocycles. The molecule has 1 radical (unpaired) electrons. The van der Waals surface area contributed by atoms with E-state index in [1.54, 1.807) is 0 Å². The van der Waals surface area contributed by atoms with E-state index in [1.165, 1.54) is 0 Å². The predicted octanol–water partition coefficient (Wildman–Crippen LogP) is 1.69. The molecule has 1 nitrogen and oxygen atoms in total. The first kappa shape index (κ1) is 7.54. The van der Waals surface area contributed by atoms with E-state index in [0.717, 1.165) is 6.42 Å². The van der Waals surface area contributed by atoms with Gasteiger partial charge in [0.1, 0.15) is 0 Å². The fraction of sp³-hybridized carbons (Fsp3) is 0.750. The van der Waals surface area contributed by atoms with Crippen molar-refractivity contribution in [3.05, 3.63) is 4.84 Å². The maximum atomic E-state index is 5.31. The fourth-order valence-electron chi connectivity index (χ4n) is 0.154. The van der Waals surface area contributed by atoms with Gasteiger partial charge in [0.2, 0.25) is 0 Å². The zero-order valence-electron chi connectivity index (χ0n) is 4.12. The Hall–Kier alpha value is 0.540. The van der Waals surface area contributed by atoms with Crippen LogP contribution in [0.1, 0.15) is 13.3 Å². The van der Waals surface area contributed by atoms with E-state index in [4.69, 9.17) is 28.9 Å². The Morgan fingerprint density at radius 1 is 1.71 bits per heavy atom. The van der Waals surface area contributed by atoms with Crippen LogP contribution in [0.3, 0.4) is 0 Å². The summed E-state index contributed by atoms with van der Waals surface area (Å²) in [7, 11) is 0. The lowest BCUT2D eigenvalue weighted by molar-refractivity contribution is 0.750. The second-order valence-corrected chi connectivity index (χ2v) is 2.31. The molecule has 7 heavy (non-hydrogen) atoms. The largest absolute Gasteiger partial charge is 0.325 e. The standard InChI is InChI=1S/C4H8Cl2N/c1-2-3(7)4(5)6/h3H,2,7H2,1H3. The lowest BCUT2D eigenvalue weighted by Gasteiger charge is -2.05. The second-order valence-electron chi connectivity index (χ2n) is 1.30. The monoisotopic (exact) mass is 140 g/mol. The minimum atomic E-state index is -0.150. The van der Waals surface area contributed by atoms with Crippen molar-refractivity contribution in [1.29, 1.82) is 0 Å². The molecule has 0 saturated heterocycles. The highest BCUT2D eigenvalue weighted by Gasteiger charge is 2.08. The molecule has 1 atom stereocenters. The lowest BCUT2D eigenvalue weighted by atomic mass is 10.3. The molecule has 0 aliphatic carbocycles. The average Bonchev–Trinajstić information content (AvgIpc) is 1.65. The molecule has 3 heteroatoms. The smallest absolute Gasteiger partial charge is 0.167 e. The third-order valence-electron chi connectivity index (χ3n) is 0.720. The molecule has 0 aliphatic heterocycles. The van der Waals surface area contributed by atoms with Crippen LogP contribution in [-0.2, 0) is 0 Å². The van der Waals surface area contributed by atoms with Gasteiger partial charge < -0.3 is 5.73 Å². The first-order chi connectivity index (χ1) is 3.18. The van der Waals surface area contributed by atoms with Gasteiger partial charge in [-0.05, 0) is 6.42 Å². The van der Waals surface area contributed by atoms with Crippen molar-refractivity contribution in [2.75, 3.05) is 0 Å². The molecule has 0 amide bonds. The Morgan fingerprint density at radius 2 is 2.14 bits per heavy atom. The van der Waals surface area contributed by atoms with Crippen LogP contribution in [0.2, 0.25) is 0 Å². The third kappa shape index (κ3) is 3.15. The van der Waals surface area contributed by atoms with Crippen LogP contribution < -0.4 is 5.73 Å². The van der Waals surface area contributed by atoms with E-state index in [2.05, 4.69) is 0 Å². The normalized spacial score (nSPS) is 15.0. The van der Waals surface area contributed by atoms with Crippen molar-refractivity contribution in [1.82, 2.24) is 0 Å². The van der Waals surface area contributed by atoms with Crippen LogP contribution in [0, 0.1) is 4.84 Å². The summed E-state index contributed by atoms with van der Waals surface area (Å²) >= 11 is 10.6. The predicted molar refractivity (Wildman–Crippen MR) is 33.2 cm³/mol. The van der Waals surface area contributed by atoms with E-state index >= 15 is 0 Å². The molecule has 43 valence electrons. The van der Waals surface area contributed by atoms with Gasteiger partial charge in [-0.25, -0.2) is 0 Å². The van der Waals surface area contributed by atoms with Crippen LogP contribution in [0.25, 0.3) is 0 Å². The first-order valence-electron chi connectivity index (χ1n) is 2.12. The summed E-state index contributed by atoms with van der Waals surface area (Å²) in [6.07, 6.45) is 0.794. The van der Waals surface area contributed by atoms with Crippen molar-refractivity contribution in [3.8, 4) is 0 Å². The average molecular weight is 141 g/mol. The minimum absolute atomic E-state index is 0.150. The van der Waals surface area contributed by atoms with Crippen LogP contribution in [0.15, 0.2) is 0 Å². The number of hydrogen-bond donors (Lipinski definition) is 1. The molecule has 0 fully saturated rings. The zero-order valence-corrected chi connectivity index (χ0v) is 5.63. The van der Waals surface area contributed by atoms with Crippen molar-refractivity contribution in [3.63, 3.8) is 0 Å². The van der Waals surface area contributed by atoms with Gasteiger partial charge in [0.15, 0.2) is 4.84 Å². The summed E-state index contributed by atoms with van der Waals surface area (Å²) in [6, 6.07) is -0.150. The molecule has 0 aliphatic rings. The Labute approximate surface area is 53.8 Å². The van der Waals surface area contributed by atoms with Gasteiger partial charge in [-0.1, -0.05) is 30.1 Å². The van der Waals surface area contributed by atoms with Gasteiger partial charge in [-0.15, -0.1) is 0 Å². The summed E-state index contributed by atoms with van der Waals surface area (Å²) < 4.78 is 0. The van der Waals surface area contributed by atoms with Crippen LogP contribution in [0.4, 0.5) is 0 Å². The highest BCUT2D eigenvalue weighted by Crippen LogP contribution is 2.16. The Morgan fingerprint density at radius 3 is 2.14 bits per heavy atom. The summed E-state index contributed by atoms with van der Waals surface area (Å²) in [5.41, 5.74) is 5.31. The maximum Gasteiger partial charge on any atom is 0.167 e. The quantitative estimate of drug-likeness (QED) is 0.622. The van der Waals surface area contributed by atoms with E-state index in [0.29, 0.717) is 0 Å². The van der Waals surface area contributed by atoms with E-state index in [-0.39, 0.29) is 10.9 Å². The molecule has 0 saturated carbocycles. The summed E-state index contributed by atoms with van der Waals surface area (Å²) in [6.45, 7) is 1.93. The van der Waals surface area contributed by atoms with Crippen molar-refractivity contribution < 1.29 is 0 Å². The SMILES string of the molecule is CCC(N)[C](Cl)Cl. The molecular formula is C4H8Cl2N. The number of rotatable bonds is 2. The number of hydrogen-bond acceptors (Lipinski definition) is 1. The molecule has 0 aromatic carbocycles.